The Balaban J connectivity index is 1.30. The molecule has 8 nitrogen and oxygen atoms in total. The molecule has 38 heavy (non-hydrogen) atoms. The van der Waals surface area contributed by atoms with Crippen LogP contribution in [0.2, 0.25) is 0 Å². The zero-order valence-corrected chi connectivity index (χ0v) is 23.1. The number of nitrogens with one attached hydrogen (secondary N) is 1. The molecule has 1 unspecified atom stereocenters. The Bertz CT molecular complexity index is 1170. The average Bonchev–Trinajstić information content (AvgIpc) is 2.94. The molecule has 6 rings (SSSR count). The second-order valence-electron chi connectivity index (χ2n) is 11.3. The van der Waals surface area contributed by atoms with Crippen LogP contribution in [0.15, 0.2) is 24.3 Å². The van der Waals surface area contributed by atoms with Gasteiger partial charge >= 0.3 is 0 Å². The molecule has 202 valence electrons. The molecule has 0 amide bonds. The van der Waals surface area contributed by atoms with E-state index in [0.717, 1.165) is 83.4 Å². The van der Waals surface area contributed by atoms with E-state index < -0.39 is 0 Å². The van der Waals surface area contributed by atoms with Crippen LogP contribution in [0.3, 0.4) is 0 Å². The van der Waals surface area contributed by atoms with Crippen molar-refractivity contribution in [3.8, 4) is 6.07 Å². The van der Waals surface area contributed by atoms with Gasteiger partial charge in [0.1, 0.15) is 5.82 Å². The molecule has 0 saturated carbocycles. The fourth-order valence-electron chi connectivity index (χ4n) is 7.03. The van der Waals surface area contributed by atoms with Crippen LogP contribution >= 0.6 is 0 Å². The molecule has 1 aliphatic carbocycles. The minimum Gasteiger partial charge on any atom is -0.368 e. The van der Waals surface area contributed by atoms with Crippen molar-refractivity contribution >= 4 is 17.5 Å². The number of aromatic nitrogens is 2. The maximum atomic E-state index is 9.31. The van der Waals surface area contributed by atoms with Crippen molar-refractivity contribution in [3.63, 3.8) is 0 Å². The van der Waals surface area contributed by atoms with Crippen LogP contribution in [0.5, 0.6) is 0 Å². The number of benzene rings is 1. The quantitative estimate of drug-likeness (QED) is 0.605. The number of likely N-dealkylation sites (N-methyl/N-ethyl adjacent to an activating group) is 1. The van der Waals surface area contributed by atoms with Crippen molar-refractivity contribution < 1.29 is 0 Å². The third kappa shape index (κ3) is 4.83. The van der Waals surface area contributed by atoms with Crippen molar-refractivity contribution in [2.75, 3.05) is 67.1 Å². The van der Waals surface area contributed by atoms with E-state index >= 15 is 0 Å². The van der Waals surface area contributed by atoms with Gasteiger partial charge in [-0.05, 0) is 50.4 Å². The second kappa shape index (κ2) is 11.1. The number of hydrogen-bond donors (Lipinski definition) is 1. The van der Waals surface area contributed by atoms with Crippen molar-refractivity contribution in [2.24, 2.45) is 0 Å². The lowest BCUT2D eigenvalue weighted by Gasteiger charge is -2.46. The first-order valence-electron chi connectivity index (χ1n) is 14.8. The summed E-state index contributed by atoms with van der Waals surface area (Å²) in [5, 5.41) is 12.8. The smallest absolute Gasteiger partial charge is 0.227 e. The fourth-order valence-corrected chi connectivity index (χ4v) is 7.03. The van der Waals surface area contributed by atoms with Gasteiger partial charge in [-0.2, -0.15) is 10.2 Å². The number of anilines is 3. The van der Waals surface area contributed by atoms with E-state index in [1.165, 1.54) is 35.3 Å². The molecule has 2 saturated heterocycles. The van der Waals surface area contributed by atoms with E-state index in [-0.39, 0.29) is 6.04 Å². The largest absolute Gasteiger partial charge is 0.368 e. The third-order valence-electron chi connectivity index (χ3n) is 9.17. The van der Waals surface area contributed by atoms with Crippen LogP contribution in [0.4, 0.5) is 17.5 Å². The summed E-state index contributed by atoms with van der Waals surface area (Å²) in [6, 6.07) is 12.6. The standard InChI is InChI=1S/C30H42N8/c1-3-35(4-2)25-20-37(21-25)30-33-27-18-24(38-16-7-9-22-8-5-6-10-28(22)38)11-12-26(27)29(34-30)36-17-15-32-23(19-36)13-14-31/h5-6,8,10,23-25,32H,3-4,7,9,11-13,15-21H2,1-2H3/t23-,24?/m0/s1. The first-order valence-corrected chi connectivity index (χ1v) is 14.8. The highest BCUT2D eigenvalue weighted by atomic mass is 15.4. The lowest BCUT2D eigenvalue weighted by atomic mass is 9.88. The molecule has 2 aromatic rings. The van der Waals surface area contributed by atoms with Gasteiger partial charge in [-0.25, -0.2) is 4.98 Å². The number of hydrogen-bond acceptors (Lipinski definition) is 8. The predicted octanol–water partition coefficient (Wildman–Crippen LogP) is 3.01. The number of para-hydroxylation sites is 1. The minimum atomic E-state index is 0.195. The number of aryl methyl sites for hydroxylation is 1. The van der Waals surface area contributed by atoms with E-state index in [4.69, 9.17) is 9.97 Å². The highest BCUT2D eigenvalue weighted by Crippen LogP contribution is 2.37. The highest BCUT2D eigenvalue weighted by Gasteiger charge is 2.36. The molecule has 4 aliphatic rings. The molecule has 2 fully saturated rings. The maximum Gasteiger partial charge on any atom is 0.227 e. The van der Waals surface area contributed by atoms with E-state index in [2.05, 4.69) is 69.1 Å². The second-order valence-corrected chi connectivity index (χ2v) is 11.3. The highest BCUT2D eigenvalue weighted by molar-refractivity contribution is 5.59. The van der Waals surface area contributed by atoms with Crippen LogP contribution in [0.25, 0.3) is 0 Å². The third-order valence-corrected chi connectivity index (χ3v) is 9.17. The summed E-state index contributed by atoms with van der Waals surface area (Å²) < 4.78 is 0. The number of nitriles is 1. The van der Waals surface area contributed by atoms with Gasteiger partial charge in [0.05, 0.1) is 18.2 Å². The Kier molecular flexibility index (Phi) is 7.40. The van der Waals surface area contributed by atoms with Gasteiger partial charge in [-0.15, -0.1) is 0 Å². The molecular weight excluding hydrogens is 472 g/mol. The van der Waals surface area contributed by atoms with Gasteiger partial charge in [-0.3, -0.25) is 4.90 Å². The van der Waals surface area contributed by atoms with Gasteiger partial charge in [0.25, 0.3) is 0 Å². The summed E-state index contributed by atoms with van der Waals surface area (Å²) in [6.07, 6.45) is 6.07. The summed E-state index contributed by atoms with van der Waals surface area (Å²) in [7, 11) is 0. The lowest BCUT2D eigenvalue weighted by Crippen LogP contribution is -2.60. The molecule has 2 atom stereocenters. The molecule has 4 heterocycles. The van der Waals surface area contributed by atoms with Crippen LogP contribution in [0, 0.1) is 11.3 Å². The van der Waals surface area contributed by atoms with Gasteiger partial charge in [0, 0.05) is 75.1 Å². The van der Waals surface area contributed by atoms with Gasteiger partial charge in [-0.1, -0.05) is 32.0 Å². The zero-order valence-electron chi connectivity index (χ0n) is 23.1. The summed E-state index contributed by atoms with van der Waals surface area (Å²) in [5.74, 6) is 2.02. The molecule has 1 aromatic carbocycles. The lowest BCUT2D eigenvalue weighted by molar-refractivity contribution is 0.182. The molecule has 0 radical (unpaired) electrons. The van der Waals surface area contributed by atoms with Gasteiger partial charge in [0.15, 0.2) is 0 Å². The van der Waals surface area contributed by atoms with Crippen molar-refractivity contribution in [2.45, 2.75) is 70.5 Å². The van der Waals surface area contributed by atoms with Crippen molar-refractivity contribution in [1.29, 1.82) is 5.26 Å². The van der Waals surface area contributed by atoms with Crippen LogP contribution in [-0.4, -0.2) is 85.4 Å². The van der Waals surface area contributed by atoms with Crippen LogP contribution in [0.1, 0.15) is 49.9 Å². The Morgan fingerprint density at radius 1 is 1.05 bits per heavy atom. The molecule has 0 bridgehead atoms. The summed E-state index contributed by atoms with van der Waals surface area (Å²) >= 11 is 0. The summed E-state index contributed by atoms with van der Waals surface area (Å²) in [6.45, 7) is 12.5. The molecular formula is C30H42N8. The Morgan fingerprint density at radius 3 is 2.71 bits per heavy atom. The van der Waals surface area contributed by atoms with Crippen LogP contribution < -0.4 is 20.0 Å². The van der Waals surface area contributed by atoms with E-state index in [1.54, 1.807) is 0 Å². The van der Waals surface area contributed by atoms with E-state index in [1.807, 2.05) is 0 Å². The predicted molar refractivity (Wildman–Crippen MR) is 153 cm³/mol. The Labute approximate surface area is 227 Å². The normalized spacial score (nSPS) is 23.6. The Hall–Kier alpha value is -2.89. The monoisotopic (exact) mass is 514 g/mol. The molecule has 8 heteroatoms. The van der Waals surface area contributed by atoms with Crippen molar-refractivity contribution in [1.82, 2.24) is 20.2 Å². The first kappa shape index (κ1) is 25.4. The van der Waals surface area contributed by atoms with Crippen molar-refractivity contribution in [3.05, 3.63) is 41.1 Å². The molecule has 0 spiro atoms. The number of nitrogens with zero attached hydrogens (tertiary/aromatic N) is 7. The SMILES string of the molecule is CCN(CC)C1CN(c2nc3c(c(N4CCN[C@@H](CC#N)C4)n2)CCC(N2CCCc4ccccc42)C3)C1. The first-order chi connectivity index (χ1) is 18.7. The molecule has 3 aliphatic heterocycles. The Morgan fingerprint density at radius 2 is 1.89 bits per heavy atom. The summed E-state index contributed by atoms with van der Waals surface area (Å²) in [4.78, 5) is 20.5. The molecule has 1 N–H and O–H groups in total. The van der Waals surface area contributed by atoms with Gasteiger partial charge in [0.2, 0.25) is 5.95 Å². The van der Waals surface area contributed by atoms with Crippen LogP contribution in [-0.2, 0) is 19.3 Å². The summed E-state index contributed by atoms with van der Waals surface area (Å²) in [5.41, 5.74) is 5.49. The maximum absolute atomic E-state index is 9.31. The average molecular weight is 515 g/mol. The van der Waals surface area contributed by atoms with E-state index in [0.29, 0.717) is 18.5 Å². The topological polar surface area (TPSA) is 74.6 Å². The minimum absolute atomic E-state index is 0.195. The fraction of sp³-hybridized carbons (Fsp3) is 0.633. The number of rotatable bonds is 7. The van der Waals surface area contributed by atoms with E-state index in [9.17, 15) is 5.26 Å². The van der Waals surface area contributed by atoms with Gasteiger partial charge < -0.3 is 20.0 Å². The molecule has 1 aromatic heterocycles. The zero-order chi connectivity index (χ0) is 26.1. The number of piperazine rings is 1. The number of fused-ring (bicyclic) bond motifs is 2.